The average Bonchev–Trinajstić information content (AvgIpc) is 3.70. The van der Waals surface area contributed by atoms with Gasteiger partial charge in [0.1, 0.15) is 0 Å². The Morgan fingerprint density at radius 3 is 1.69 bits per heavy atom. The van der Waals surface area contributed by atoms with E-state index >= 15 is 0 Å². The molecular weight excluding hydrogens is 564 g/mol. The maximum Gasteiger partial charge on any atom is 0.305 e. The number of carbonyl (C=O) groups is 2. The molecule has 5 rings (SSSR count). The topological polar surface area (TPSA) is 110 Å². The maximum atomic E-state index is 12.2. The van der Waals surface area contributed by atoms with Crippen molar-refractivity contribution in [2.24, 2.45) is 0 Å². The Balaban J connectivity index is 1.93. The van der Waals surface area contributed by atoms with E-state index in [1.165, 1.54) is 30.9 Å². The van der Waals surface area contributed by atoms with Crippen LogP contribution in [0.1, 0.15) is 104 Å². The standard InChI is InChI=1S/C37H44N4O4/c1-10-24-19(3)28-17-31-25(11-2)21(5)36(40-31)23(7)37-22(6)27(13-15-35(43)45-9)33(41-37)18-32-26(12-14-34(42)44-8)20(4)29(39-32)16-30(24)38-28/h16-18,38-39H,10-15H2,1-9H3. The number of ether oxygens (including phenoxy) is 2. The quantitative estimate of drug-likeness (QED) is 0.250. The first-order chi connectivity index (χ1) is 21.5. The number of rotatable bonds is 8. The molecule has 0 atom stereocenters. The van der Waals surface area contributed by atoms with Crippen molar-refractivity contribution in [3.63, 3.8) is 0 Å². The smallest absolute Gasteiger partial charge is 0.305 e. The van der Waals surface area contributed by atoms with Crippen molar-refractivity contribution in [3.8, 4) is 0 Å². The number of carbonyl (C=O) groups excluding carboxylic acids is 2. The van der Waals surface area contributed by atoms with E-state index in [1.807, 2.05) is 0 Å². The minimum Gasteiger partial charge on any atom is -0.469 e. The van der Waals surface area contributed by atoms with Gasteiger partial charge in [-0.05, 0) is 123 Å². The summed E-state index contributed by atoms with van der Waals surface area (Å²) in [5, 5.41) is 0. The number of hydrogen-bond acceptors (Lipinski definition) is 6. The van der Waals surface area contributed by atoms with Crippen LogP contribution in [0.4, 0.5) is 0 Å². The second-order valence-corrected chi connectivity index (χ2v) is 11.9. The second-order valence-electron chi connectivity index (χ2n) is 11.9. The van der Waals surface area contributed by atoms with Crippen molar-refractivity contribution in [3.05, 3.63) is 68.8 Å². The van der Waals surface area contributed by atoms with Crippen LogP contribution in [0.25, 0.3) is 44.4 Å². The number of aromatic nitrogens is 4. The summed E-state index contributed by atoms with van der Waals surface area (Å²) < 4.78 is 9.96. The molecule has 0 aromatic carbocycles. The zero-order valence-corrected chi connectivity index (χ0v) is 28.0. The van der Waals surface area contributed by atoms with Crippen LogP contribution in [-0.2, 0) is 31.9 Å². The summed E-state index contributed by atoms with van der Waals surface area (Å²) in [6, 6.07) is 6.42. The molecule has 0 spiro atoms. The first-order valence-electron chi connectivity index (χ1n) is 15.8. The summed E-state index contributed by atoms with van der Waals surface area (Å²) in [5.74, 6) is -0.516. The van der Waals surface area contributed by atoms with Crippen molar-refractivity contribution < 1.29 is 19.1 Å². The predicted octanol–water partition coefficient (Wildman–Crippen LogP) is 8.13. The molecule has 5 heterocycles. The molecule has 0 radical (unpaired) electrons. The highest BCUT2D eigenvalue weighted by Gasteiger charge is 2.24. The lowest BCUT2D eigenvalue weighted by molar-refractivity contribution is -0.141. The van der Waals surface area contributed by atoms with E-state index in [9.17, 15) is 9.59 Å². The number of H-pyrrole nitrogens is 2. The lowest BCUT2D eigenvalue weighted by atomic mass is 9.97. The third-order valence-electron chi connectivity index (χ3n) is 9.48. The van der Waals surface area contributed by atoms with Gasteiger partial charge in [-0.2, -0.15) is 0 Å². The fraction of sp³-hybridized carbons (Fsp3) is 0.405. The van der Waals surface area contributed by atoms with Gasteiger partial charge in [-0.25, -0.2) is 9.97 Å². The number of aryl methyl sites for hydroxylation is 4. The van der Waals surface area contributed by atoms with Crippen LogP contribution in [0, 0.1) is 20.8 Å². The highest BCUT2D eigenvalue weighted by Crippen LogP contribution is 2.39. The van der Waals surface area contributed by atoms with Crippen molar-refractivity contribution in [2.75, 3.05) is 14.2 Å². The van der Waals surface area contributed by atoms with E-state index in [-0.39, 0.29) is 24.8 Å². The Morgan fingerprint density at radius 2 is 1.11 bits per heavy atom. The van der Waals surface area contributed by atoms with E-state index in [2.05, 4.69) is 76.6 Å². The van der Waals surface area contributed by atoms with Crippen molar-refractivity contribution in [2.45, 2.75) is 87.0 Å². The Bertz CT molecular complexity index is 1940. The molecule has 0 saturated heterocycles. The largest absolute Gasteiger partial charge is 0.469 e. The average molecular weight is 609 g/mol. The van der Waals surface area contributed by atoms with Crippen LogP contribution in [0.5, 0.6) is 0 Å². The third-order valence-corrected chi connectivity index (χ3v) is 9.48. The minimum atomic E-state index is -0.262. The zero-order valence-electron chi connectivity index (χ0n) is 28.0. The summed E-state index contributed by atoms with van der Waals surface area (Å²) in [4.78, 5) is 42.2. The second kappa shape index (κ2) is 12.9. The van der Waals surface area contributed by atoms with Gasteiger partial charge in [0.25, 0.3) is 0 Å². The van der Waals surface area contributed by atoms with Gasteiger partial charge in [-0.15, -0.1) is 0 Å². The molecule has 0 amide bonds. The summed E-state index contributed by atoms with van der Waals surface area (Å²) in [7, 11) is 2.83. The molecular formula is C37H44N4O4. The molecule has 45 heavy (non-hydrogen) atoms. The van der Waals surface area contributed by atoms with Crippen LogP contribution in [-0.4, -0.2) is 46.1 Å². The lowest BCUT2D eigenvalue weighted by Crippen LogP contribution is -2.02. The SMILES string of the molecule is CCC1=C(C)c2nc1cc1[nH]c(cc3[nH]c(cc4nc(c2C)C(C)=C4CCC(=O)OC)c(CCC(=O)OC)c3C)c(CC)c1C. The van der Waals surface area contributed by atoms with E-state index in [4.69, 9.17) is 19.4 Å². The van der Waals surface area contributed by atoms with Gasteiger partial charge in [0, 0.05) is 40.5 Å². The van der Waals surface area contributed by atoms with E-state index in [1.54, 1.807) is 0 Å². The molecule has 0 aliphatic carbocycles. The van der Waals surface area contributed by atoms with E-state index in [0.29, 0.717) is 12.8 Å². The van der Waals surface area contributed by atoms with Crippen LogP contribution in [0.2, 0.25) is 0 Å². The minimum absolute atomic E-state index is 0.251. The first-order valence-corrected chi connectivity index (χ1v) is 15.8. The van der Waals surface area contributed by atoms with Crippen molar-refractivity contribution in [1.29, 1.82) is 0 Å². The molecule has 8 nitrogen and oxygen atoms in total. The van der Waals surface area contributed by atoms with Crippen molar-refractivity contribution in [1.82, 2.24) is 19.9 Å². The molecule has 0 fully saturated rings. The molecule has 0 unspecified atom stereocenters. The Morgan fingerprint density at radius 1 is 0.622 bits per heavy atom. The molecule has 3 aromatic rings. The van der Waals surface area contributed by atoms with Crippen molar-refractivity contribution >= 4 is 56.3 Å². The van der Waals surface area contributed by atoms with Gasteiger partial charge in [-0.1, -0.05) is 13.8 Å². The monoisotopic (exact) mass is 608 g/mol. The number of esters is 2. The predicted molar refractivity (Wildman–Crippen MR) is 181 cm³/mol. The number of aromatic amines is 2. The van der Waals surface area contributed by atoms with Gasteiger partial charge >= 0.3 is 11.9 Å². The van der Waals surface area contributed by atoms with Crippen LogP contribution >= 0.6 is 0 Å². The van der Waals surface area contributed by atoms with Gasteiger partial charge in [-0.3, -0.25) is 9.59 Å². The number of nitrogens with one attached hydrogen (secondary N) is 2. The molecule has 236 valence electrons. The highest BCUT2D eigenvalue weighted by atomic mass is 16.5. The highest BCUT2D eigenvalue weighted by molar-refractivity contribution is 5.97. The number of methoxy groups -OCH3 is 2. The molecule has 2 aliphatic rings. The van der Waals surface area contributed by atoms with Gasteiger partial charge in [0.2, 0.25) is 0 Å². The molecule has 0 saturated carbocycles. The summed E-state index contributed by atoms with van der Waals surface area (Å²) in [6.45, 7) is 14.9. The Labute approximate surface area is 265 Å². The number of hydrogen-bond donors (Lipinski definition) is 2. The molecule has 2 aliphatic heterocycles. The molecule has 8 bridgehead atoms. The maximum absolute atomic E-state index is 12.2. The molecule has 3 aromatic heterocycles. The van der Waals surface area contributed by atoms with Gasteiger partial charge in [0.15, 0.2) is 0 Å². The molecule has 2 N–H and O–H groups in total. The van der Waals surface area contributed by atoms with Gasteiger partial charge in [0.05, 0.1) is 37.0 Å². The Hall–Kier alpha value is -4.46. The van der Waals surface area contributed by atoms with Crippen LogP contribution in [0.3, 0.4) is 0 Å². The normalized spacial score (nSPS) is 13.1. The van der Waals surface area contributed by atoms with Crippen LogP contribution < -0.4 is 0 Å². The third kappa shape index (κ3) is 5.86. The fourth-order valence-corrected chi connectivity index (χ4v) is 6.80. The summed E-state index contributed by atoms with van der Waals surface area (Å²) in [6.07, 6.45) is 3.28. The number of fused-ring (bicyclic) bond motifs is 8. The van der Waals surface area contributed by atoms with Gasteiger partial charge < -0.3 is 19.4 Å². The number of nitrogens with zero attached hydrogens (tertiary/aromatic N) is 2. The summed E-state index contributed by atoms with van der Waals surface area (Å²) >= 11 is 0. The van der Waals surface area contributed by atoms with Crippen LogP contribution in [0.15, 0.2) is 18.2 Å². The lowest BCUT2D eigenvalue weighted by Gasteiger charge is -2.06. The Kier molecular flexibility index (Phi) is 9.14. The van der Waals surface area contributed by atoms with E-state index in [0.717, 1.165) is 91.1 Å². The summed E-state index contributed by atoms with van der Waals surface area (Å²) in [5.41, 5.74) is 17.6. The van der Waals surface area contributed by atoms with E-state index < -0.39 is 0 Å². The number of allylic oxidation sites excluding steroid dienone is 4. The first kappa shape index (κ1) is 31.9. The molecule has 8 heteroatoms. The zero-order chi connectivity index (χ0) is 32.6. The fourth-order valence-electron chi connectivity index (χ4n) is 6.80.